The van der Waals surface area contributed by atoms with Crippen LogP contribution in [-0.2, 0) is 4.79 Å². The first-order chi connectivity index (χ1) is 4.34. The molecule has 0 aliphatic rings. The van der Waals surface area contributed by atoms with Crippen LogP contribution in [0.4, 0.5) is 0 Å². The van der Waals surface area contributed by atoms with Gasteiger partial charge in [-0.05, 0) is 0 Å². The molecule has 1 unspecified atom stereocenters. The van der Waals surface area contributed by atoms with E-state index in [0.29, 0.717) is 6.29 Å². The number of hydrogen-bond acceptors (Lipinski definition) is 4. The van der Waals surface area contributed by atoms with E-state index in [9.17, 15) is 4.79 Å². The van der Waals surface area contributed by atoms with E-state index in [2.05, 4.69) is 4.98 Å². The van der Waals surface area contributed by atoms with Crippen molar-refractivity contribution >= 4 is 17.6 Å². The van der Waals surface area contributed by atoms with Crippen LogP contribution in [0.25, 0.3) is 0 Å². The number of aromatic nitrogens is 1. The van der Waals surface area contributed by atoms with Crippen molar-refractivity contribution in [2.45, 2.75) is 6.04 Å². The van der Waals surface area contributed by atoms with E-state index in [-0.39, 0.29) is 0 Å². The van der Waals surface area contributed by atoms with E-state index in [4.69, 9.17) is 5.73 Å². The zero-order valence-electron chi connectivity index (χ0n) is 4.65. The van der Waals surface area contributed by atoms with Gasteiger partial charge in [0.15, 0.2) is 0 Å². The average Bonchev–Trinajstić information content (AvgIpc) is 2.37. The first-order valence-corrected chi connectivity index (χ1v) is 3.32. The van der Waals surface area contributed by atoms with Gasteiger partial charge in [0.05, 0.1) is 11.6 Å². The molecule has 0 bridgehead atoms. The van der Waals surface area contributed by atoms with E-state index < -0.39 is 6.04 Å². The fourth-order valence-corrected chi connectivity index (χ4v) is 1.04. The smallest absolute Gasteiger partial charge is 0.142 e. The predicted octanol–water partition coefficient (Wildman–Crippen LogP) is 0.342. The van der Waals surface area contributed by atoms with Crippen LogP contribution in [0.5, 0.6) is 0 Å². The van der Waals surface area contributed by atoms with Crippen molar-refractivity contribution in [1.82, 2.24) is 4.98 Å². The molecule has 0 saturated carbocycles. The van der Waals surface area contributed by atoms with Crippen LogP contribution in [-0.4, -0.2) is 11.3 Å². The third-order valence-corrected chi connectivity index (χ3v) is 1.80. The number of rotatable bonds is 2. The van der Waals surface area contributed by atoms with Crippen LogP contribution in [0, 0.1) is 0 Å². The summed E-state index contributed by atoms with van der Waals surface area (Å²) in [5.41, 5.74) is 6.99. The quantitative estimate of drug-likeness (QED) is 0.606. The standard InChI is InChI=1S/C5H6N2OS/c6-4(2-8)5-1-7-3-9-5/h1-4H,6H2. The molecule has 0 amide bonds. The van der Waals surface area contributed by atoms with Crippen molar-refractivity contribution in [2.75, 3.05) is 0 Å². The monoisotopic (exact) mass is 142 g/mol. The predicted molar refractivity (Wildman–Crippen MR) is 35.1 cm³/mol. The van der Waals surface area contributed by atoms with Crippen molar-refractivity contribution in [1.29, 1.82) is 0 Å². The Kier molecular flexibility index (Phi) is 1.92. The summed E-state index contributed by atoms with van der Waals surface area (Å²) in [6, 6.07) is -0.488. The summed E-state index contributed by atoms with van der Waals surface area (Å²) in [6.07, 6.45) is 2.30. The minimum absolute atomic E-state index is 0.488. The highest BCUT2D eigenvalue weighted by Crippen LogP contribution is 2.11. The maximum Gasteiger partial charge on any atom is 0.142 e. The molecule has 1 atom stereocenters. The van der Waals surface area contributed by atoms with Crippen LogP contribution in [0.3, 0.4) is 0 Å². The summed E-state index contributed by atoms with van der Waals surface area (Å²) in [6.45, 7) is 0. The van der Waals surface area contributed by atoms with E-state index in [1.165, 1.54) is 11.3 Å². The van der Waals surface area contributed by atoms with Gasteiger partial charge in [-0.15, -0.1) is 11.3 Å². The molecule has 0 spiro atoms. The maximum atomic E-state index is 10.1. The fraction of sp³-hybridized carbons (Fsp3) is 0.200. The molecule has 0 aliphatic carbocycles. The number of carbonyl (C=O) groups excluding carboxylic acids is 1. The summed E-state index contributed by atoms with van der Waals surface area (Å²) in [5, 5.41) is 0. The third-order valence-electron chi connectivity index (χ3n) is 0.927. The summed E-state index contributed by atoms with van der Waals surface area (Å²) in [7, 11) is 0. The van der Waals surface area contributed by atoms with Gasteiger partial charge in [0.1, 0.15) is 6.29 Å². The van der Waals surface area contributed by atoms with E-state index >= 15 is 0 Å². The molecule has 0 radical (unpaired) electrons. The Labute approximate surface area is 56.5 Å². The highest BCUT2D eigenvalue weighted by Gasteiger charge is 2.03. The first kappa shape index (κ1) is 6.38. The van der Waals surface area contributed by atoms with Crippen LogP contribution >= 0.6 is 11.3 Å². The van der Waals surface area contributed by atoms with Gasteiger partial charge in [0, 0.05) is 11.1 Å². The van der Waals surface area contributed by atoms with Crippen LogP contribution < -0.4 is 5.73 Å². The zero-order valence-corrected chi connectivity index (χ0v) is 5.47. The Morgan fingerprint density at radius 3 is 3.11 bits per heavy atom. The minimum atomic E-state index is -0.488. The molecule has 0 saturated heterocycles. The Morgan fingerprint density at radius 1 is 1.89 bits per heavy atom. The van der Waals surface area contributed by atoms with Gasteiger partial charge in [-0.25, -0.2) is 0 Å². The third kappa shape index (κ3) is 1.34. The van der Waals surface area contributed by atoms with E-state index in [0.717, 1.165) is 4.88 Å². The molecule has 1 heterocycles. The molecule has 48 valence electrons. The van der Waals surface area contributed by atoms with Crippen molar-refractivity contribution < 1.29 is 4.79 Å². The van der Waals surface area contributed by atoms with E-state index in [1.807, 2.05) is 0 Å². The Balaban J connectivity index is 2.76. The maximum absolute atomic E-state index is 10.1. The van der Waals surface area contributed by atoms with Gasteiger partial charge in [-0.1, -0.05) is 0 Å². The van der Waals surface area contributed by atoms with Gasteiger partial charge in [-0.2, -0.15) is 0 Å². The second kappa shape index (κ2) is 2.70. The molecule has 4 heteroatoms. The number of aldehydes is 1. The lowest BCUT2D eigenvalue weighted by molar-refractivity contribution is -0.108. The molecule has 9 heavy (non-hydrogen) atoms. The average molecular weight is 142 g/mol. The number of carbonyl (C=O) groups is 1. The fourth-order valence-electron chi connectivity index (χ4n) is 0.457. The summed E-state index contributed by atoms with van der Waals surface area (Å²) >= 11 is 1.39. The molecule has 2 N–H and O–H groups in total. The molecule has 1 rings (SSSR count). The second-order valence-corrected chi connectivity index (χ2v) is 2.48. The first-order valence-electron chi connectivity index (χ1n) is 2.44. The summed E-state index contributed by atoms with van der Waals surface area (Å²) < 4.78 is 0. The molecule has 3 nitrogen and oxygen atoms in total. The van der Waals surface area contributed by atoms with Crippen LogP contribution in [0.1, 0.15) is 10.9 Å². The van der Waals surface area contributed by atoms with Gasteiger partial charge in [0.2, 0.25) is 0 Å². The normalized spacial score (nSPS) is 13.0. The molecule has 0 aromatic carbocycles. The second-order valence-electron chi connectivity index (χ2n) is 1.57. The Morgan fingerprint density at radius 2 is 2.67 bits per heavy atom. The zero-order chi connectivity index (χ0) is 6.69. The molecular formula is C5H6N2OS. The Bertz CT molecular complexity index is 185. The SMILES string of the molecule is NC(C=O)c1cncs1. The van der Waals surface area contributed by atoms with Crippen molar-refractivity contribution in [3.05, 3.63) is 16.6 Å². The molecule has 0 aliphatic heterocycles. The van der Waals surface area contributed by atoms with Gasteiger partial charge in [-0.3, -0.25) is 4.98 Å². The number of nitrogens with zero attached hydrogens (tertiary/aromatic N) is 1. The van der Waals surface area contributed by atoms with Gasteiger partial charge in [0.25, 0.3) is 0 Å². The highest BCUT2D eigenvalue weighted by molar-refractivity contribution is 7.09. The van der Waals surface area contributed by atoms with E-state index in [1.54, 1.807) is 11.7 Å². The van der Waals surface area contributed by atoms with Crippen molar-refractivity contribution in [3.8, 4) is 0 Å². The molecule has 1 aromatic heterocycles. The highest BCUT2D eigenvalue weighted by atomic mass is 32.1. The van der Waals surface area contributed by atoms with Crippen LogP contribution in [0.15, 0.2) is 11.7 Å². The summed E-state index contributed by atoms with van der Waals surface area (Å²) in [5.74, 6) is 0. The topological polar surface area (TPSA) is 56.0 Å². The number of thiazole rings is 1. The van der Waals surface area contributed by atoms with Gasteiger partial charge < -0.3 is 10.5 Å². The number of hydrogen-bond donors (Lipinski definition) is 1. The van der Waals surface area contributed by atoms with Gasteiger partial charge >= 0.3 is 0 Å². The minimum Gasteiger partial charge on any atom is -0.317 e. The molecule has 1 aromatic rings. The lowest BCUT2D eigenvalue weighted by Crippen LogP contribution is -2.08. The van der Waals surface area contributed by atoms with Crippen LogP contribution in [0.2, 0.25) is 0 Å². The molecule has 0 fully saturated rings. The Hall–Kier alpha value is -0.740. The lowest BCUT2D eigenvalue weighted by atomic mass is 10.3. The summed E-state index contributed by atoms with van der Waals surface area (Å²) in [4.78, 5) is 14.6. The van der Waals surface area contributed by atoms with Crippen molar-refractivity contribution in [3.63, 3.8) is 0 Å². The number of nitrogens with two attached hydrogens (primary N) is 1. The largest absolute Gasteiger partial charge is 0.317 e. The molecular weight excluding hydrogens is 136 g/mol. The lowest BCUT2D eigenvalue weighted by Gasteiger charge is -1.94. The van der Waals surface area contributed by atoms with Crippen molar-refractivity contribution in [2.24, 2.45) is 5.73 Å².